The van der Waals surface area contributed by atoms with Gasteiger partial charge in [0.25, 0.3) is 5.91 Å². The topological polar surface area (TPSA) is 92.8 Å². The predicted octanol–water partition coefficient (Wildman–Crippen LogP) is 3.92. The Bertz CT molecular complexity index is 1040. The third kappa shape index (κ3) is 4.54. The molecule has 6 rings (SSSR count). The Kier molecular flexibility index (Phi) is 5.98. The number of hydrogen-bond acceptors (Lipinski definition) is 5. The van der Waals surface area contributed by atoms with Gasteiger partial charge in [0.2, 0.25) is 10.0 Å². The largest absolute Gasteiger partial charge is 0.455 e. The zero-order valence-electron chi connectivity index (χ0n) is 18.7. The second kappa shape index (κ2) is 8.54. The van der Waals surface area contributed by atoms with E-state index in [0.29, 0.717) is 37.0 Å². The highest BCUT2D eigenvalue weighted by Crippen LogP contribution is 2.64. The van der Waals surface area contributed by atoms with Crippen LogP contribution in [0.1, 0.15) is 57.8 Å². The van der Waals surface area contributed by atoms with Gasteiger partial charge in [0.1, 0.15) is 0 Å². The van der Waals surface area contributed by atoms with Crippen molar-refractivity contribution in [3.8, 4) is 0 Å². The minimum absolute atomic E-state index is 0.153. The molecule has 1 N–H and O–H groups in total. The maximum atomic E-state index is 13.0. The first-order valence-corrected chi connectivity index (χ1v) is 13.8. The summed E-state index contributed by atoms with van der Waals surface area (Å²) in [6.45, 7) is 0.637. The molecule has 4 aliphatic carbocycles. The van der Waals surface area contributed by atoms with Crippen molar-refractivity contribution in [2.24, 2.45) is 17.3 Å². The minimum Gasteiger partial charge on any atom is -0.455 e. The Morgan fingerprint density at radius 1 is 1.09 bits per heavy atom. The Morgan fingerprint density at radius 3 is 2.45 bits per heavy atom. The number of sulfonamides is 1. The molecule has 33 heavy (non-hydrogen) atoms. The average molecular weight is 495 g/mol. The molecule has 2 unspecified atom stereocenters. The van der Waals surface area contributed by atoms with Crippen LogP contribution in [0.3, 0.4) is 0 Å². The summed E-state index contributed by atoms with van der Waals surface area (Å²) in [5.74, 6) is 0.129. The number of amides is 1. The van der Waals surface area contributed by atoms with Crippen LogP contribution in [0.4, 0.5) is 5.69 Å². The minimum atomic E-state index is -3.59. The number of rotatable bonds is 6. The van der Waals surface area contributed by atoms with Gasteiger partial charge in [-0.25, -0.2) is 8.42 Å². The van der Waals surface area contributed by atoms with Gasteiger partial charge in [-0.05, 0) is 81.4 Å². The molecular formula is C24H31ClN2O5S. The number of nitrogens with zero attached hydrogens (tertiary/aromatic N) is 1. The molecule has 4 saturated carbocycles. The quantitative estimate of drug-likeness (QED) is 0.478. The van der Waals surface area contributed by atoms with E-state index in [-0.39, 0.29) is 15.7 Å². The van der Waals surface area contributed by atoms with Gasteiger partial charge in [0.15, 0.2) is 6.61 Å². The number of carbonyl (C=O) groups excluding carboxylic acids is 2. The van der Waals surface area contributed by atoms with E-state index in [4.69, 9.17) is 16.3 Å². The Morgan fingerprint density at radius 2 is 1.79 bits per heavy atom. The van der Waals surface area contributed by atoms with E-state index in [2.05, 4.69) is 5.32 Å². The van der Waals surface area contributed by atoms with Crippen LogP contribution in [0, 0.1) is 17.3 Å². The molecule has 0 aromatic heterocycles. The summed E-state index contributed by atoms with van der Waals surface area (Å²) in [7, 11) is -3.59. The SMILES string of the molecule is O=C(COC(=O)C12C[C@@H]3C[C@@H](CC(Cl)(C3)C1)C2)Nc1cccc(S(=O)(=O)N2CCCCC2)c1. The molecule has 1 aromatic rings. The number of ether oxygens (including phenoxy) is 1. The number of halogens is 1. The van der Waals surface area contributed by atoms with Gasteiger partial charge in [-0.3, -0.25) is 9.59 Å². The Hall–Kier alpha value is -1.64. The van der Waals surface area contributed by atoms with E-state index < -0.39 is 28.0 Å². The lowest BCUT2D eigenvalue weighted by molar-refractivity contribution is -0.171. The van der Waals surface area contributed by atoms with E-state index in [1.807, 2.05) is 0 Å². The molecule has 9 heteroatoms. The molecule has 1 aliphatic heterocycles. The summed E-state index contributed by atoms with van der Waals surface area (Å²) >= 11 is 6.80. The molecule has 4 bridgehead atoms. The van der Waals surface area contributed by atoms with Crippen LogP contribution in [0.15, 0.2) is 29.2 Å². The normalized spacial score (nSPS) is 33.6. The Labute approximate surface area is 200 Å². The molecule has 1 saturated heterocycles. The fourth-order valence-corrected chi connectivity index (χ4v) is 9.12. The maximum Gasteiger partial charge on any atom is 0.312 e. The first-order chi connectivity index (χ1) is 15.7. The molecule has 0 radical (unpaired) electrons. The third-order valence-electron chi connectivity index (χ3n) is 7.83. The summed E-state index contributed by atoms with van der Waals surface area (Å²) in [6.07, 6.45) is 8.06. The second-order valence-corrected chi connectivity index (χ2v) is 13.2. The number of piperidine rings is 1. The van der Waals surface area contributed by atoms with E-state index in [1.54, 1.807) is 12.1 Å². The number of carbonyl (C=O) groups is 2. The van der Waals surface area contributed by atoms with Crippen molar-refractivity contribution < 1.29 is 22.7 Å². The summed E-state index contributed by atoms with van der Waals surface area (Å²) < 4.78 is 32.8. The molecular weight excluding hydrogens is 464 g/mol. The smallest absolute Gasteiger partial charge is 0.312 e. The first-order valence-electron chi connectivity index (χ1n) is 11.9. The highest BCUT2D eigenvalue weighted by Gasteiger charge is 2.60. The second-order valence-electron chi connectivity index (χ2n) is 10.5. The Balaban J connectivity index is 1.20. The van der Waals surface area contributed by atoms with Gasteiger partial charge in [0.05, 0.1) is 10.3 Å². The van der Waals surface area contributed by atoms with Crippen LogP contribution in [0.25, 0.3) is 0 Å². The molecule has 5 fully saturated rings. The van der Waals surface area contributed by atoms with Crippen molar-refractivity contribution in [1.29, 1.82) is 0 Å². The fourth-order valence-electron chi connectivity index (χ4n) is 6.86. The monoisotopic (exact) mass is 494 g/mol. The molecule has 4 atom stereocenters. The summed E-state index contributed by atoms with van der Waals surface area (Å²) in [5.41, 5.74) is -0.196. The van der Waals surface area contributed by atoms with Crippen molar-refractivity contribution in [1.82, 2.24) is 4.31 Å². The van der Waals surface area contributed by atoms with Crippen molar-refractivity contribution in [3.63, 3.8) is 0 Å². The van der Waals surface area contributed by atoms with Gasteiger partial charge in [-0.15, -0.1) is 11.6 Å². The lowest BCUT2D eigenvalue weighted by Gasteiger charge is -2.58. The highest BCUT2D eigenvalue weighted by molar-refractivity contribution is 7.89. The third-order valence-corrected chi connectivity index (χ3v) is 10.2. The van der Waals surface area contributed by atoms with Gasteiger partial charge in [-0.1, -0.05) is 12.5 Å². The van der Waals surface area contributed by atoms with E-state index in [1.165, 1.54) is 16.4 Å². The van der Waals surface area contributed by atoms with Crippen molar-refractivity contribution >= 4 is 39.2 Å². The number of esters is 1. The van der Waals surface area contributed by atoms with Crippen molar-refractivity contribution in [2.75, 3.05) is 25.0 Å². The molecule has 1 aromatic carbocycles. The van der Waals surface area contributed by atoms with E-state index in [9.17, 15) is 18.0 Å². The van der Waals surface area contributed by atoms with Crippen LogP contribution in [-0.2, 0) is 24.3 Å². The molecule has 0 spiro atoms. The van der Waals surface area contributed by atoms with Gasteiger partial charge < -0.3 is 10.1 Å². The van der Waals surface area contributed by atoms with Gasteiger partial charge in [0, 0.05) is 23.7 Å². The number of alkyl halides is 1. The summed E-state index contributed by atoms with van der Waals surface area (Å²) in [6, 6.07) is 6.23. The standard InChI is InChI=1S/C24H31ClN2O5S/c25-24-13-17-9-18(14-24)12-23(11-17,16-24)22(29)32-15-21(28)26-19-5-4-6-20(10-19)33(30,31)27-7-2-1-3-8-27/h4-6,10,17-18H,1-3,7-9,11-16H2,(H,26,28)/t17-,18+,23?,24?. The molecule has 1 heterocycles. The van der Waals surface area contributed by atoms with E-state index >= 15 is 0 Å². The first kappa shape index (κ1) is 23.1. The van der Waals surface area contributed by atoms with Gasteiger partial charge >= 0.3 is 5.97 Å². The van der Waals surface area contributed by atoms with Gasteiger partial charge in [-0.2, -0.15) is 4.31 Å². The molecule has 7 nitrogen and oxygen atoms in total. The fraction of sp³-hybridized carbons (Fsp3) is 0.667. The van der Waals surface area contributed by atoms with Crippen LogP contribution in [-0.4, -0.2) is 49.2 Å². The average Bonchev–Trinajstić information content (AvgIpc) is 2.76. The number of benzene rings is 1. The van der Waals surface area contributed by atoms with Crippen molar-refractivity contribution in [3.05, 3.63) is 24.3 Å². The molecule has 1 amide bonds. The summed E-state index contributed by atoms with van der Waals surface area (Å²) in [4.78, 5) is 25.4. The number of hydrogen-bond donors (Lipinski definition) is 1. The van der Waals surface area contributed by atoms with Crippen LogP contribution in [0.5, 0.6) is 0 Å². The van der Waals surface area contributed by atoms with Crippen LogP contribution < -0.4 is 5.32 Å². The van der Waals surface area contributed by atoms with E-state index in [0.717, 1.165) is 51.4 Å². The summed E-state index contributed by atoms with van der Waals surface area (Å²) in [5, 5.41) is 2.67. The lowest BCUT2D eigenvalue weighted by atomic mass is 9.49. The van der Waals surface area contributed by atoms with Crippen LogP contribution >= 0.6 is 11.6 Å². The zero-order valence-corrected chi connectivity index (χ0v) is 20.3. The highest BCUT2D eigenvalue weighted by atomic mass is 35.5. The van der Waals surface area contributed by atoms with Crippen molar-refractivity contribution in [2.45, 2.75) is 67.6 Å². The number of anilines is 1. The predicted molar refractivity (Wildman–Crippen MR) is 124 cm³/mol. The molecule has 5 aliphatic rings. The van der Waals surface area contributed by atoms with Crippen LogP contribution in [0.2, 0.25) is 0 Å². The molecule has 180 valence electrons. The lowest BCUT2D eigenvalue weighted by Crippen LogP contribution is -2.56. The zero-order chi connectivity index (χ0) is 23.3. The maximum absolute atomic E-state index is 13.0. The number of nitrogens with one attached hydrogen (secondary N) is 1.